The smallest absolute Gasteiger partial charge is 0.239 e. The number of nitrogens with zero attached hydrogens (tertiary/aromatic N) is 1. The molecule has 0 radical (unpaired) electrons. The van der Waals surface area contributed by atoms with Gasteiger partial charge >= 0.3 is 0 Å². The highest BCUT2D eigenvalue weighted by atomic mass is 32.2. The molecule has 3 aromatic rings. The predicted octanol–water partition coefficient (Wildman–Crippen LogP) is 4.87. The summed E-state index contributed by atoms with van der Waals surface area (Å²) in [5.74, 6) is 0.0945. The maximum atomic E-state index is 12.8. The lowest BCUT2D eigenvalue weighted by Gasteiger charge is -2.21. The zero-order valence-electron chi connectivity index (χ0n) is 16.3. The van der Waals surface area contributed by atoms with Gasteiger partial charge in [0.15, 0.2) is 0 Å². The van der Waals surface area contributed by atoms with Gasteiger partial charge in [0, 0.05) is 18.4 Å². The summed E-state index contributed by atoms with van der Waals surface area (Å²) < 4.78 is 0. The summed E-state index contributed by atoms with van der Waals surface area (Å²) in [6, 6.07) is 21.7. The van der Waals surface area contributed by atoms with E-state index < -0.39 is 0 Å². The van der Waals surface area contributed by atoms with Crippen molar-refractivity contribution in [2.75, 3.05) is 23.0 Å². The van der Waals surface area contributed by atoms with Crippen LogP contribution in [0.3, 0.4) is 0 Å². The average Bonchev–Trinajstić information content (AvgIpc) is 2.72. The summed E-state index contributed by atoms with van der Waals surface area (Å²) in [5, 5.41) is 4.78. The summed E-state index contributed by atoms with van der Waals surface area (Å²) in [7, 11) is 1.77. The molecular formula is C23H24N2O2S. The number of hydrogen-bond donors (Lipinski definition) is 1. The Morgan fingerprint density at radius 2 is 1.68 bits per heavy atom. The van der Waals surface area contributed by atoms with Crippen molar-refractivity contribution in [3.8, 4) is 0 Å². The third kappa shape index (κ3) is 4.93. The van der Waals surface area contributed by atoms with Gasteiger partial charge in [0.25, 0.3) is 0 Å². The Bertz CT molecular complexity index is 985. The number of hydrogen-bond acceptors (Lipinski definition) is 3. The molecule has 0 aliphatic carbocycles. The number of benzene rings is 3. The van der Waals surface area contributed by atoms with E-state index in [-0.39, 0.29) is 22.8 Å². The van der Waals surface area contributed by atoms with Gasteiger partial charge in [0.05, 0.1) is 11.0 Å². The van der Waals surface area contributed by atoms with Gasteiger partial charge < -0.3 is 10.2 Å². The van der Waals surface area contributed by atoms with Crippen molar-refractivity contribution in [1.29, 1.82) is 0 Å². The maximum absolute atomic E-state index is 12.8. The van der Waals surface area contributed by atoms with Gasteiger partial charge in [-0.2, -0.15) is 0 Å². The van der Waals surface area contributed by atoms with Crippen LogP contribution in [0.5, 0.6) is 0 Å². The summed E-state index contributed by atoms with van der Waals surface area (Å²) in [5.41, 5.74) is 2.76. The topological polar surface area (TPSA) is 49.4 Å². The van der Waals surface area contributed by atoms with E-state index in [0.717, 1.165) is 27.7 Å². The summed E-state index contributed by atoms with van der Waals surface area (Å²) in [4.78, 5) is 26.6. The minimum Gasteiger partial charge on any atom is -0.325 e. The lowest BCUT2D eigenvalue weighted by Crippen LogP contribution is -2.34. The van der Waals surface area contributed by atoms with Crippen LogP contribution < -0.4 is 10.2 Å². The second-order valence-electron chi connectivity index (χ2n) is 6.80. The van der Waals surface area contributed by atoms with Crippen LogP contribution in [0, 0.1) is 6.92 Å². The number of rotatable bonds is 6. The van der Waals surface area contributed by atoms with Crippen molar-refractivity contribution in [1.82, 2.24) is 0 Å². The number of carbonyl (C=O) groups excluding carboxylic acids is 2. The molecule has 0 fully saturated rings. The quantitative estimate of drug-likeness (QED) is 0.651. The molecule has 3 aromatic carbocycles. The largest absolute Gasteiger partial charge is 0.325 e. The SMILES string of the molecule is Cc1ccc(NC(=O)CSC(C)C(=O)N(C)c2ccc3ccccc3c2)cc1. The molecule has 1 N–H and O–H groups in total. The monoisotopic (exact) mass is 392 g/mol. The second-order valence-corrected chi connectivity index (χ2v) is 8.13. The van der Waals surface area contributed by atoms with Crippen LogP contribution in [0.25, 0.3) is 10.8 Å². The Labute approximate surface area is 169 Å². The Morgan fingerprint density at radius 3 is 2.39 bits per heavy atom. The molecule has 144 valence electrons. The molecule has 0 aromatic heterocycles. The number of aryl methyl sites for hydroxylation is 1. The number of nitrogens with one attached hydrogen (secondary N) is 1. The second kappa shape index (κ2) is 8.93. The molecule has 4 nitrogen and oxygen atoms in total. The van der Waals surface area contributed by atoms with Gasteiger partial charge in [0.1, 0.15) is 0 Å². The van der Waals surface area contributed by atoms with E-state index in [1.165, 1.54) is 11.8 Å². The van der Waals surface area contributed by atoms with Crippen molar-refractivity contribution < 1.29 is 9.59 Å². The molecule has 1 unspecified atom stereocenters. The van der Waals surface area contributed by atoms with Gasteiger partial charge in [-0.3, -0.25) is 9.59 Å². The normalized spacial score (nSPS) is 11.8. The molecule has 28 heavy (non-hydrogen) atoms. The minimum atomic E-state index is -0.319. The van der Waals surface area contributed by atoms with Gasteiger partial charge in [-0.1, -0.05) is 48.0 Å². The van der Waals surface area contributed by atoms with E-state index in [0.29, 0.717) is 0 Å². The molecule has 0 spiro atoms. The number of amides is 2. The van der Waals surface area contributed by atoms with Gasteiger partial charge in [-0.25, -0.2) is 0 Å². The van der Waals surface area contributed by atoms with Gasteiger partial charge in [-0.15, -0.1) is 11.8 Å². The highest BCUT2D eigenvalue weighted by Crippen LogP contribution is 2.23. The molecule has 0 saturated carbocycles. The fraction of sp³-hybridized carbons (Fsp3) is 0.217. The minimum absolute atomic E-state index is 0.0246. The molecule has 0 aliphatic rings. The number of thioether (sulfide) groups is 1. The van der Waals surface area contributed by atoms with Crippen molar-refractivity contribution in [2.24, 2.45) is 0 Å². The molecule has 3 rings (SSSR count). The van der Waals surface area contributed by atoms with Crippen molar-refractivity contribution in [3.63, 3.8) is 0 Å². The average molecular weight is 393 g/mol. The summed E-state index contributed by atoms with van der Waals surface area (Å²) >= 11 is 1.34. The van der Waals surface area contributed by atoms with E-state index in [1.807, 2.05) is 80.6 Å². The third-order valence-electron chi connectivity index (χ3n) is 4.60. The Kier molecular flexibility index (Phi) is 6.37. The first kappa shape index (κ1) is 20.0. The first-order chi connectivity index (χ1) is 13.4. The molecule has 1 atom stereocenters. The number of carbonyl (C=O) groups is 2. The molecule has 0 saturated heterocycles. The first-order valence-electron chi connectivity index (χ1n) is 9.18. The van der Waals surface area contributed by atoms with Crippen molar-refractivity contribution >= 4 is 45.7 Å². The van der Waals surface area contributed by atoms with Crippen LogP contribution >= 0.6 is 11.8 Å². The Morgan fingerprint density at radius 1 is 1.00 bits per heavy atom. The van der Waals surface area contributed by atoms with E-state index >= 15 is 0 Å². The van der Waals surface area contributed by atoms with E-state index in [9.17, 15) is 9.59 Å². The zero-order chi connectivity index (χ0) is 20.1. The van der Waals surface area contributed by atoms with E-state index in [2.05, 4.69) is 5.32 Å². The highest BCUT2D eigenvalue weighted by molar-refractivity contribution is 8.01. The number of fused-ring (bicyclic) bond motifs is 1. The summed E-state index contributed by atoms with van der Waals surface area (Å²) in [6.07, 6.45) is 0. The molecule has 0 aliphatic heterocycles. The number of anilines is 2. The molecule has 0 bridgehead atoms. The molecule has 5 heteroatoms. The highest BCUT2D eigenvalue weighted by Gasteiger charge is 2.20. The molecule has 2 amide bonds. The van der Waals surface area contributed by atoms with Crippen LogP contribution in [0.2, 0.25) is 0 Å². The standard InChI is InChI=1S/C23H24N2O2S/c1-16-8-11-20(12-9-16)24-22(26)15-28-17(2)23(27)25(3)21-13-10-18-6-4-5-7-19(18)14-21/h4-14,17H,15H2,1-3H3,(H,24,26). The van der Waals surface area contributed by atoms with Crippen molar-refractivity contribution in [2.45, 2.75) is 19.1 Å². The fourth-order valence-corrected chi connectivity index (χ4v) is 3.67. The fourth-order valence-electron chi connectivity index (χ4n) is 2.89. The van der Waals surface area contributed by atoms with Crippen molar-refractivity contribution in [3.05, 3.63) is 72.3 Å². The van der Waals surface area contributed by atoms with Crippen LogP contribution in [0.1, 0.15) is 12.5 Å². The van der Waals surface area contributed by atoms with Crippen LogP contribution in [0.4, 0.5) is 11.4 Å². The van der Waals surface area contributed by atoms with Crippen LogP contribution in [-0.2, 0) is 9.59 Å². The van der Waals surface area contributed by atoms with Gasteiger partial charge in [-0.05, 0) is 48.9 Å². The Hall–Kier alpha value is -2.79. The van der Waals surface area contributed by atoms with Gasteiger partial charge in [0.2, 0.25) is 11.8 Å². The lowest BCUT2D eigenvalue weighted by molar-refractivity contribution is -0.117. The van der Waals surface area contributed by atoms with Crippen LogP contribution in [-0.4, -0.2) is 29.9 Å². The molecule has 0 heterocycles. The molecular weight excluding hydrogens is 368 g/mol. The maximum Gasteiger partial charge on any atom is 0.239 e. The zero-order valence-corrected chi connectivity index (χ0v) is 17.1. The van der Waals surface area contributed by atoms with Crippen LogP contribution in [0.15, 0.2) is 66.7 Å². The predicted molar refractivity (Wildman–Crippen MR) is 119 cm³/mol. The summed E-state index contributed by atoms with van der Waals surface area (Å²) in [6.45, 7) is 3.84. The van der Waals surface area contributed by atoms with E-state index in [4.69, 9.17) is 0 Å². The Balaban J connectivity index is 1.56. The van der Waals surface area contributed by atoms with E-state index in [1.54, 1.807) is 11.9 Å². The first-order valence-corrected chi connectivity index (χ1v) is 10.2. The third-order valence-corrected chi connectivity index (χ3v) is 5.73. The lowest BCUT2D eigenvalue weighted by atomic mass is 10.1.